The Kier molecular flexibility index (Phi) is 4.40. The van der Waals surface area contributed by atoms with Crippen LogP contribution in [0.5, 0.6) is 0 Å². The number of carboxylic acid groups (broad SMARTS) is 1. The van der Waals surface area contributed by atoms with Crippen LogP contribution in [0.2, 0.25) is 0 Å². The summed E-state index contributed by atoms with van der Waals surface area (Å²) in [4.78, 5) is 21.0. The van der Waals surface area contributed by atoms with Gasteiger partial charge in [-0.1, -0.05) is 13.3 Å². The van der Waals surface area contributed by atoms with E-state index < -0.39 is 17.7 Å². The first-order valence-corrected chi connectivity index (χ1v) is 4.07. The zero-order valence-electron chi connectivity index (χ0n) is 7.74. The molecule has 0 saturated heterocycles. The van der Waals surface area contributed by atoms with Crippen LogP contribution in [0.3, 0.4) is 0 Å². The van der Waals surface area contributed by atoms with Gasteiger partial charge in [0.1, 0.15) is 0 Å². The molecule has 0 spiro atoms. The lowest BCUT2D eigenvalue weighted by molar-refractivity contribution is -0.224. The molecule has 0 aromatic carbocycles. The van der Waals surface area contributed by atoms with Crippen molar-refractivity contribution < 1.29 is 24.5 Å². The molecule has 0 aliphatic carbocycles. The number of unbranched alkanes of at least 4 members (excludes halogenated alkanes) is 1. The van der Waals surface area contributed by atoms with Gasteiger partial charge in [0, 0.05) is 13.3 Å². The first-order chi connectivity index (χ1) is 5.92. The van der Waals surface area contributed by atoms with Crippen molar-refractivity contribution in [2.24, 2.45) is 0 Å². The van der Waals surface area contributed by atoms with Crippen LogP contribution in [0.4, 0.5) is 0 Å². The summed E-state index contributed by atoms with van der Waals surface area (Å²) in [6, 6.07) is 0. The summed E-state index contributed by atoms with van der Waals surface area (Å²) >= 11 is 0. The SMILES string of the molecule is CCCCC(O)(OC(C)=O)C(=O)O. The summed E-state index contributed by atoms with van der Waals surface area (Å²) in [6.45, 7) is 2.90. The molecule has 0 saturated carbocycles. The molecule has 13 heavy (non-hydrogen) atoms. The van der Waals surface area contributed by atoms with E-state index in [2.05, 4.69) is 4.74 Å². The Balaban J connectivity index is 4.34. The second-order valence-electron chi connectivity index (χ2n) is 2.79. The molecule has 0 amide bonds. The number of carbonyl (C=O) groups excluding carboxylic acids is 1. The van der Waals surface area contributed by atoms with Crippen LogP contribution in [0.25, 0.3) is 0 Å². The molecule has 1 unspecified atom stereocenters. The van der Waals surface area contributed by atoms with Gasteiger partial charge in [0.25, 0.3) is 0 Å². The van der Waals surface area contributed by atoms with Crippen LogP contribution in [-0.4, -0.2) is 27.9 Å². The number of ether oxygens (including phenoxy) is 1. The third-order valence-corrected chi connectivity index (χ3v) is 1.52. The molecular weight excluding hydrogens is 176 g/mol. The van der Waals surface area contributed by atoms with Crippen LogP contribution >= 0.6 is 0 Å². The smallest absolute Gasteiger partial charge is 0.377 e. The molecule has 1 atom stereocenters. The minimum Gasteiger partial charge on any atom is -0.476 e. The molecule has 0 fully saturated rings. The van der Waals surface area contributed by atoms with Gasteiger partial charge in [0.15, 0.2) is 0 Å². The molecule has 5 nitrogen and oxygen atoms in total. The highest BCUT2D eigenvalue weighted by atomic mass is 16.7. The van der Waals surface area contributed by atoms with E-state index in [0.717, 1.165) is 13.3 Å². The van der Waals surface area contributed by atoms with Crippen molar-refractivity contribution in [1.29, 1.82) is 0 Å². The Morgan fingerprint density at radius 3 is 2.31 bits per heavy atom. The van der Waals surface area contributed by atoms with Crippen molar-refractivity contribution in [2.45, 2.75) is 38.9 Å². The van der Waals surface area contributed by atoms with Crippen LogP contribution in [0.15, 0.2) is 0 Å². The van der Waals surface area contributed by atoms with Gasteiger partial charge < -0.3 is 14.9 Å². The monoisotopic (exact) mass is 190 g/mol. The number of hydrogen-bond donors (Lipinski definition) is 2. The molecule has 0 aromatic rings. The van der Waals surface area contributed by atoms with Crippen LogP contribution in [0.1, 0.15) is 33.1 Å². The molecule has 0 aromatic heterocycles. The van der Waals surface area contributed by atoms with E-state index >= 15 is 0 Å². The van der Waals surface area contributed by atoms with Gasteiger partial charge in [0.2, 0.25) is 0 Å². The number of esters is 1. The Labute approximate surface area is 76.3 Å². The van der Waals surface area contributed by atoms with Gasteiger partial charge in [-0.3, -0.25) is 4.79 Å². The minimum absolute atomic E-state index is 0.0849. The van der Waals surface area contributed by atoms with E-state index in [4.69, 9.17) is 5.11 Å². The highest BCUT2D eigenvalue weighted by Crippen LogP contribution is 2.16. The molecule has 0 heterocycles. The third kappa shape index (κ3) is 3.89. The van der Waals surface area contributed by atoms with Gasteiger partial charge in [-0.15, -0.1) is 0 Å². The molecule has 76 valence electrons. The minimum atomic E-state index is -2.36. The number of rotatable bonds is 5. The Morgan fingerprint density at radius 2 is 2.00 bits per heavy atom. The Morgan fingerprint density at radius 1 is 1.46 bits per heavy atom. The first kappa shape index (κ1) is 11.9. The van der Waals surface area contributed by atoms with Crippen molar-refractivity contribution in [1.82, 2.24) is 0 Å². The molecule has 0 rings (SSSR count). The maximum atomic E-state index is 10.5. The number of aliphatic carboxylic acids is 1. The largest absolute Gasteiger partial charge is 0.476 e. The average molecular weight is 190 g/mol. The quantitative estimate of drug-likeness (QED) is 0.487. The summed E-state index contributed by atoms with van der Waals surface area (Å²) in [5.41, 5.74) is 0. The summed E-state index contributed by atoms with van der Waals surface area (Å²) in [5.74, 6) is -4.70. The fourth-order valence-electron chi connectivity index (χ4n) is 0.856. The number of carbonyl (C=O) groups is 2. The third-order valence-electron chi connectivity index (χ3n) is 1.52. The summed E-state index contributed by atoms with van der Waals surface area (Å²) in [6.07, 6.45) is 1.12. The predicted octanol–water partition coefficient (Wildman–Crippen LogP) is 0.513. The van der Waals surface area contributed by atoms with Gasteiger partial charge in [0.05, 0.1) is 0 Å². The maximum absolute atomic E-state index is 10.5. The number of aliphatic hydroxyl groups is 1. The van der Waals surface area contributed by atoms with E-state index in [0.29, 0.717) is 6.42 Å². The van der Waals surface area contributed by atoms with Gasteiger partial charge in [-0.05, 0) is 6.42 Å². The normalized spacial score (nSPS) is 14.7. The highest BCUT2D eigenvalue weighted by Gasteiger charge is 2.38. The molecule has 2 N–H and O–H groups in total. The van der Waals surface area contributed by atoms with Crippen molar-refractivity contribution in [3.63, 3.8) is 0 Å². The second-order valence-corrected chi connectivity index (χ2v) is 2.79. The lowest BCUT2D eigenvalue weighted by Gasteiger charge is -2.22. The van der Waals surface area contributed by atoms with E-state index in [9.17, 15) is 14.7 Å². The van der Waals surface area contributed by atoms with E-state index in [1.54, 1.807) is 0 Å². The van der Waals surface area contributed by atoms with E-state index in [1.807, 2.05) is 6.92 Å². The highest BCUT2D eigenvalue weighted by molar-refractivity contribution is 5.79. The fraction of sp³-hybridized carbons (Fsp3) is 0.750. The molecule has 0 aliphatic heterocycles. The van der Waals surface area contributed by atoms with Crippen molar-refractivity contribution >= 4 is 11.9 Å². The van der Waals surface area contributed by atoms with Crippen molar-refractivity contribution in [3.8, 4) is 0 Å². The van der Waals surface area contributed by atoms with Gasteiger partial charge >= 0.3 is 17.7 Å². The average Bonchev–Trinajstić information content (AvgIpc) is 1.99. The predicted molar refractivity (Wildman–Crippen MR) is 43.9 cm³/mol. The first-order valence-electron chi connectivity index (χ1n) is 4.07. The maximum Gasteiger partial charge on any atom is 0.377 e. The molecular formula is C8H14O5. The summed E-state index contributed by atoms with van der Waals surface area (Å²) in [5, 5.41) is 17.9. The topological polar surface area (TPSA) is 83.8 Å². The zero-order valence-corrected chi connectivity index (χ0v) is 7.74. The summed E-state index contributed by atoms with van der Waals surface area (Å²) < 4.78 is 4.32. The Bertz CT molecular complexity index is 201. The van der Waals surface area contributed by atoms with E-state index in [-0.39, 0.29) is 6.42 Å². The van der Waals surface area contributed by atoms with Crippen LogP contribution < -0.4 is 0 Å². The van der Waals surface area contributed by atoms with Crippen LogP contribution in [-0.2, 0) is 14.3 Å². The molecule has 5 heteroatoms. The van der Waals surface area contributed by atoms with Gasteiger partial charge in [-0.2, -0.15) is 0 Å². The molecule has 0 bridgehead atoms. The standard InChI is InChI=1S/C8H14O5/c1-3-4-5-8(12,7(10)11)13-6(2)9/h12H,3-5H2,1-2H3,(H,10,11). The number of hydrogen-bond acceptors (Lipinski definition) is 4. The lowest BCUT2D eigenvalue weighted by Crippen LogP contribution is -2.42. The zero-order chi connectivity index (χ0) is 10.5. The van der Waals surface area contributed by atoms with Gasteiger partial charge in [-0.25, -0.2) is 4.79 Å². The second kappa shape index (κ2) is 4.81. The molecule has 0 aliphatic rings. The molecule has 0 radical (unpaired) electrons. The van der Waals surface area contributed by atoms with Crippen LogP contribution in [0, 0.1) is 0 Å². The van der Waals surface area contributed by atoms with Crippen molar-refractivity contribution in [3.05, 3.63) is 0 Å². The van der Waals surface area contributed by atoms with Crippen molar-refractivity contribution in [2.75, 3.05) is 0 Å². The fourth-order valence-corrected chi connectivity index (χ4v) is 0.856. The lowest BCUT2D eigenvalue weighted by atomic mass is 10.1. The summed E-state index contributed by atoms with van der Waals surface area (Å²) in [7, 11) is 0. The number of carboxylic acids is 1. The van der Waals surface area contributed by atoms with E-state index in [1.165, 1.54) is 0 Å². The Hall–Kier alpha value is -1.10.